The van der Waals surface area contributed by atoms with Crippen molar-refractivity contribution in [2.24, 2.45) is 11.8 Å². The first-order chi connectivity index (χ1) is 10.2. The maximum Gasteiger partial charge on any atom is 0.236 e. The fourth-order valence-electron chi connectivity index (χ4n) is 2.85. The average molecular weight is 295 g/mol. The van der Waals surface area contributed by atoms with Gasteiger partial charge in [-0.25, -0.2) is 0 Å². The van der Waals surface area contributed by atoms with Gasteiger partial charge in [-0.1, -0.05) is 6.92 Å². The van der Waals surface area contributed by atoms with E-state index in [4.69, 9.17) is 0 Å². The number of piperidine rings is 1. The molecule has 1 saturated heterocycles. The molecule has 1 atom stereocenters. The van der Waals surface area contributed by atoms with Crippen molar-refractivity contribution in [3.8, 4) is 0 Å². The van der Waals surface area contributed by atoms with Gasteiger partial charge in [0.05, 0.1) is 6.54 Å². The predicted molar refractivity (Wildman–Crippen MR) is 82.8 cm³/mol. The first-order valence-corrected chi connectivity index (χ1v) is 8.44. The Balaban J connectivity index is 1.64. The molecule has 2 N–H and O–H groups in total. The second-order valence-corrected chi connectivity index (χ2v) is 6.48. The van der Waals surface area contributed by atoms with Gasteiger partial charge in [-0.05, 0) is 50.5 Å². The van der Waals surface area contributed by atoms with E-state index < -0.39 is 0 Å². The van der Waals surface area contributed by atoms with Crippen LogP contribution in [0.5, 0.6) is 0 Å². The molecule has 120 valence electrons. The van der Waals surface area contributed by atoms with Gasteiger partial charge in [-0.3, -0.25) is 9.59 Å². The summed E-state index contributed by atoms with van der Waals surface area (Å²) in [6.07, 6.45) is 6.25. The van der Waals surface area contributed by atoms with Gasteiger partial charge in [0.15, 0.2) is 0 Å². The summed E-state index contributed by atoms with van der Waals surface area (Å²) in [7, 11) is 0. The highest BCUT2D eigenvalue weighted by molar-refractivity contribution is 5.78. The maximum absolute atomic E-state index is 12.2. The zero-order chi connectivity index (χ0) is 15.1. The molecule has 5 nitrogen and oxygen atoms in total. The Kier molecular flexibility index (Phi) is 6.49. The Bertz CT molecular complexity index is 355. The average Bonchev–Trinajstić information content (AvgIpc) is 3.30. The lowest BCUT2D eigenvalue weighted by Crippen LogP contribution is -2.46. The van der Waals surface area contributed by atoms with Crippen LogP contribution in [-0.4, -0.2) is 49.4 Å². The number of amides is 2. The molecule has 2 aliphatic rings. The van der Waals surface area contributed by atoms with E-state index in [1.54, 1.807) is 0 Å². The minimum absolute atomic E-state index is 0.132. The normalized spacial score (nSPS) is 22.1. The molecule has 2 fully saturated rings. The number of nitrogens with one attached hydrogen (secondary N) is 2. The summed E-state index contributed by atoms with van der Waals surface area (Å²) in [5.74, 6) is 1.56. The van der Waals surface area contributed by atoms with Gasteiger partial charge in [0.1, 0.15) is 0 Å². The van der Waals surface area contributed by atoms with Crippen molar-refractivity contribution in [2.45, 2.75) is 45.4 Å². The van der Waals surface area contributed by atoms with Crippen molar-refractivity contribution in [3.63, 3.8) is 0 Å². The molecule has 0 aromatic rings. The predicted octanol–water partition coefficient (Wildman–Crippen LogP) is 1.14. The molecule has 0 aromatic carbocycles. The Morgan fingerprint density at radius 2 is 1.95 bits per heavy atom. The summed E-state index contributed by atoms with van der Waals surface area (Å²) in [5, 5.41) is 6.25. The van der Waals surface area contributed by atoms with Crippen LogP contribution in [-0.2, 0) is 9.59 Å². The van der Waals surface area contributed by atoms with Gasteiger partial charge in [0.25, 0.3) is 0 Å². The Morgan fingerprint density at radius 1 is 1.14 bits per heavy atom. The quantitative estimate of drug-likeness (QED) is 0.706. The van der Waals surface area contributed by atoms with E-state index in [9.17, 15) is 9.59 Å². The van der Waals surface area contributed by atoms with E-state index >= 15 is 0 Å². The fraction of sp³-hybridized carbons (Fsp3) is 0.875. The number of hydrogen-bond acceptors (Lipinski definition) is 3. The highest BCUT2D eigenvalue weighted by Crippen LogP contribution is 2.27. The molecule has 1 heterocycles. The molecule has 2 amide bonds. The Labute approximate surface area is 127 Å². The maximum atomic E-state index is 12.2. The first-order valence-electron chi connectivity index (χ1n) is 8.44. The van der Waals surface area contributed by atoms with E-state index in [0.717, 1.165) is 44.8 Å². The minimum Gasteiger partial charge on any atom is -0.356 e. The molecule has 1 saturated carbocycles. The summed E-state index contributed by atoms with van der Waals surface area (Å²) in [4.78, 5) is 25.6. The van der Waals surface area contributed by atoms with E-state index in [-0.39, 0.29) is 11.8 Å². The molecule has 0 spiro atoms. The Morgan fingerprint density at radius 3 is 2.67 bits per heavy atom. The number of nitrogens with zero attached hydrogens (tertiary/aromatic N) is 1. The van der Waals surface area contributed by atoms with Crippen molar-refractivity contribution < 1.29 is 9.59 Å². The summed E-state index contributed by atoms with van der Waals surface area (Å²) >= 11 is 0. The van der Waals surface area contributed by atoms with Crippen LogP contribution in [0.15, 0.2) is 0 Å². The molecular weight excluding hydrogens is 266 g/mol. The third-order valence-corrected chi connectivity index (χ3v) is 4.34. The van der Waals surface area contributed by atoms with Gasteiger partial charge in [-0.15, -0.1) is 0 Å². The van der Waals surface area contributed by atoms with Gasteiger partial charge in [0, 0.05) is 26.1 Å². The highest BCUT2D eigenvalue weighted by atomic mass is 16.2. The molecule has 2 rings (SSSR count). The van der Waals surface area contributed by atoms with Gasteiger partial charge >= 0.3 is 0 Å². The van der Waals surface area contributed by atoms with Crippen LogP contribution in [0.25, 0.3) is 0 Å². The van der Waals surface area contributed by atoms with Crippen LogP contribution in [0, 0.1) is 11.8 Å². The largest absolute Gasteiger partial charge is 0.356 e. The number of likely N-dealkylation sites (tertiary alicyclic amines) is 1. The molecule has 0 bridgehead atoms. The second kappa shape index (κ2) is 8.37. The number of hydrogen-bond donors (Lipinski definition) is 2. The molecule has 1 aliphatic carbocycles. The third kappa shape index (κ3) is 6.04. The smallest absolute Gasteiger partial charge is 0.236 e. The van der Waals surface area contributed by atoms with Crippen LogP contribution >= 0.6 is 0 Å². The molecular formula is C16H29N3O2. The van der Waals surface area contributed by atoms with Gasteiger partial charge in [0.2, 0.25) is 11.8 Å². The zero-order valence-corrected chi connectivity index (χ0v) is 13.2. The van der Waals surface area contributed by atoms with Gasteiger partial charge < -0.3 is 15.5 Å². The molecule has 1 unspecified atom stereocenters. The zero-order valence-electron chi connectivity index (χ0n) is 13.2. The fourth-order valence-corrected chi connectivity index (χ4v) is 2.85. The van der Waals surface area contributed by atoms with E-state index in [1.807, 2.05) is 11.8 Å². The van der Waals surface area contributed by atoms with E-state index in [0.29, 0.717) is 25.4 Å². The topological polar surface area (TPSA) is 61.4 Å². The van der Waals surface area contributed by atoms with E-state index in [1.165, 1.54) is 12.8 Å². The number of carbonyl (C=O) groups excluding carboxylic acids is 2. The van der Waals surface area contributed by atoms with Crippen LogP contribution in [0.4, 0.5) is 0 Å². The van der Waals surface area contributed by atoms with Crippen molar-refractivity contribution in [3.05, 3.63) is 0 Å². The minimum atomic E-state index is 0.132. The molecule has 0 radical (unpaired) electrons. The van der Waals surface area contributed by atoms with Gasteiger partial charge in [-0.2, -0.15) is 0 Å². The summed E-state index contributed by atoms with van der Waals surface area (Å²) in [6, 6.07) is 0. The number of rotatable bonds is 8. The number of carbonyl (C=O) groups is 2. The van der Waals surface area contributed by atoms with Crippen LogP contribution in [0.1, 0.15) is 45.4 Å². The summed E-state index contributed by atoms with van der Waals surface area (Å²) in [5.41, 5.74) is 0. The molecule has 1 aliphatic heterocycles. The van der Waals surface area contributed by atoms with Crippen LogP contribution in [0.3, 0.4) is 0 Å². The standard InChI is InChI=1S/C16H29N3O2/c1-2-4-15(20)18-10-14-5-3-8-19(12-14)16(21)11-17-9-13-6-7-13/h13-14,17H,2-12H2,1H3,(H,18,20). The van der Waals surface area contributed by atoms with Crippen molar-refractivity contribution in [1.82, 2.24) is 15.5 Å². The summed E-state index contributed by atoms with van der Waals surface area (Å²) < 4.78 is 0. The first kappa shape index (κ1) is 16.3. The monoisotopic (exact) mass is 295 g/mol. The van der Waals surface area contributed by atoms with Crippen LogP contribution < -0.4 is 10.6 Å². The van der Waals surface area contributed by atoms with Crippen LogP contribution in [0.2, 0.25) is 0 Å². The third-order valence-electron chi connectivity index (χ3n) is 4.34. The lowest BCUT2D eigenvalue weighted by Gasteiger charge is -2.33. The molecule has 0 aromatic heterocycles. The van der Waals surface area contributed by atoms with Crippen molar-refractivity contribution in [1.29, 1.82) is 0 Å². The lowest BCUT2D eigenvalue weighted by molar-refractivity contribution is -0.132. The highest BCUT2D eigenvalue weighted by Gasteiger charge is 2.25. The van der Waals surface area contributed by atoms with Crippen molar-refractivity contribution >= 4 is 11.8 Å². The summed E-state index contributed by atoms with van der Waals surface area (Å²) in [6.45, 7) is 5.81. The lowest BCUT2D eigenvalue weighted by atomic mass is 9.98. The molecule has 21 heavy (non-hydrogen) atoms. The van der Waals surface area contributed by atoms with E-state index in [2.05, 4.69) is 10.6 Å². The second-order valence-electron chi connectivity index (χ2n) is 6.48. The molecule has 5 heteroatoms. The van der Waals surface area contributed by atoms with Crippen molar-refractivity contribution in [2.75, 3.05) is 32.7 Å². The SMILES string of the molecule is CCCC(=O)NCC1CCCN(C(=O)CNCC2CC2)C1. The Hall–Kier alpha value is -1.10.